The maximum atomic E-state index is 11.6. The van der Waals surface area contributed by atoms with Crippen LogP contribution in [0.25, 0.3) is 5.53 Å². The lowest BCUT2D eigenvalue weighted by molar-refractivity contribution is -0.141. The van der Waals surface area contributed by atoms with Gasteiger partial charge in [0.05, 0.1) is 12.5 Å². The van der Waals surface area contributed by atoms with Crippen LogP contribution in [0.15, 0.2) is 12.7 Å². The number of carbonyl (C=O) groups excluding carboxylic acids is 3. The number of nitrogens with one attached hydrogen (secondary N) is 1. The van der Waals surface area contributed by atoms with Gasteiger partial charge in [-0.25, -0.2) is 4.79 Å². The fourth-order valence-corrected chi connectivity index (χ4v) is 1.19. The molecule has 0 aromatic rings. The Kier molecular flexibility index (Phi) is 8.49. The molecule has 0 aromatic heterocycles. The molecule has 0 aromatic carbocycles. The average Bonchev–Trinajstić information content (AvgIpc) is 2.36. The fraction of sp³-hybridized carbons (Fsp3) is 0.500. The smallest absolute Gasteiger partial charge is 0.441 e. The second kappa shape index (κ2) is 9.60. The molecule has 20 heavy (non-hydrogen) atoms. The van der Waals surface area contributed by atoms with Crippen LogP contribution in [0, 0.1) is 0 Å². The summed E-state index contributed by atoms with van der Waals surface area (Å²) in [5.41, 5.74) is 7.87. The number of nitrogens with zero attached hydrogens (tertiary/aromatic N) is 2. The molecule has 0 radical (unpaired) electrons. The number of ketones is 1. The Hall–Kier alpha value is -2.31. The van der Waals surface area contributed by atoms with E-state index in [0.29, 0.717) is 0 Å². The summed E-state index contributed by atoms with van der Waals surface area (Å²) >= 11 is 0. The molecule has 0 saturated heterocycles. The number of carbonyl (C=O) groups is 3. The number of amides is 1. The number of ether oxygens (including phenoxy) is 1. The van der Waals surface area contributed by atoms with Gasteiger partial charge in [0.25, 0.3) is 5.78 Å². The Morgan fingerprint density at radius 1 is 1.50 bits per heavy atom. The number of Topliss-reactive ketones (excluding diaryl/α,β-unsaturated/α-hetero) is 1. The van der Waals surface area contributed by atoms with Crippen LogP contribution in [-0.2, 0) is 19.1 Å². The number of rotatable bonds is 9. The molecule has 0 spiro atoms. The average molecular weight is 283 g/mol. The normalized spacial score (nSPS) is 10.9. The van der Waals surface area contributed by atoms with Gasteiger partial charge in [-0.3, -0.25) is 9.59 Å². The summed E-state index contributed by atoms with van der Waals surface area (Å²) < 4.78 is 4.56. The van der Waals surface area contributed by atoms with E-state index in [1.54, 1.807) is 0 Å². The van der Waals surface area contributed by atoms with Crippen molar-refractivity contribution >= 4 is 23.4 Å². The summed E-state index contributed by atoms with van der Waals surface area (Å²) in [5, 5.41) is 11.3. The van der Waals surface area contributed by atoms with Gasteiger partial charge in [-0.2, -0.15) is 4.79 Å². The van der Waals surface area contributed by atoms with Crippen LogP contribution in [0.5, 0.6) is 0 Å². The highest BCUT2D eigenvalue weighted by atomic mass is 16.5. The first-order chi connectivity index (χ1) is 9.42. The lowest BCUT2D eigenvalue weighted by Crippen LogP contribution is -2.33. The number of hydrogen-bond donors (Lipinski definition) is 2. The standard InChI is InChI=1S/C12H17N3O5/c1-3-6-20-12(19)11(15-13)9(17)4-5-14-10(18)7-8(2)16/h3,8,16H,1,4-7H2,2H3,(H,14,18). The van der Waals surface area contributed by atoms with Gasteiger partial charge < -0.3 is 20.7 Å². The Balaban J connectivity index is 4.24. The van der Waals surface area contributed by atoms with Gasteiger partial charge in [0.2, 0.25) is 5.91 Å². The van der Waals surface area contributed by atoms with Crippen molar-refractivity contribution in [2.24, 2.45) is 0 Å². The van der Waals surface area contributed by atoms with Gasteiger partial charge in [-0.05, 0) is 6.92 Å². The number of aliphatic hydroxyl groups is 1. The zero-order valence-electron chi connectivity index (χ0n) is 11.2. The molecule has 110 valence electrons. The molecule has 0 aliphatic carbocycles. The van der Waals surface area contributed by atoms with Crippen molar-refractivity contribution in [1.82, 2.24) is 5.32 Å². The van der Waals surface area contributed by atoms with Crippen molar-refractivity contribution in [3.05, 3.63) is 18.2 Å². The largest absolute Gasteiger partial charge is 0.453 e. The predicted molar refractivity (Wildman–Crippen MR) is 68.7 cm³/mol. The van der Waals surface area contributed by atoms with E-state index >= 15 is 0 Å². The monoisotopic (exact) mass is 283 g/mol. The van der Waals surface area contributed by atoms with E-state index < -0.39 is 29.5 Å². The first kappa shape index (κ1) is 17.7. The summed E-state index contributed by atoms with van der Waals surface area (Å²) in [4.78, 5) is 36.7. The van der Waals surface area contributed by atoms with Crippen LogP contribution in [0.3, 0.4) is 0 Å². The number of aliphatic hydroxyl groups excluding tert-OH is 1. The lowest BCUT2D eigenvalue weighted by atomic mass is 10.2. The molecule has 2 N–H and O–H groups in total. The van der Waals surface area contributed by atoms with Gasteiger partial charge >= 0.3 is 11.7 Å². The molecule has 8 nitrogen and oxygen atoms in total. The highest BCUT2D eigenvalue weighted by molar-refractivity contribution is 6.62. The molecule has 0 bridgehead atoms. The number of hydrogen-bond acceptors (Lipinski definition) is 5. The van der Waals surface area contributed by atoms with Gasteiger partial charge in [-0.1, -0.05) is 12.7 Å². The van der Waals surface area contributed by atoms with Crippen molar-refractivity contribution in [1.29, 1.82) is 0 Å². The summed E-state index contributed by atoms with van der Waals surface area (Å²) in [6.07, 6.45) is 0.201. The van der Waals surface area contributed by atoms with Crippen LogP contribution in [0.2, 0.25) is 0 Å². The van der Waals surface area contributed by atoms with E-state index in [4.69, 9.17) is 10.6 Å². The second-order valence-corrected chi connectivity index (χ2v) is 3.91. The fourth-order valence-electron chi connectivity index (χ4n) is 1.19. The van der Waals surface area contributed by atoms with Crippen LogP contribution in [-0.4, -0.2) is 52.5 Å². The van der Waals surface area contributed by atoms with Gasteiger partial charge in [0.15, 0.2) is 0 Å². The molecule has 0 rings (SSSR count). The summed E-state index contributed by atoms with van der Waals surface area (Å²) in [7, 11) is 0. The minimum Gasteiger partial charge on any atom is -0.453 e. The molecule has 1 atom stereocenters. The Morgan fingerprint density at radius 2 is 2.15 bits per heavy atom. The Morgan fingerprint density at radius 3 is 2.65 bits per heavy atom. The van der Waals surface area contributed by atoms with Crippen LogP contribution < -0.4 is 5.32 Å². The molecule has 0 heterocycles. The van der Waals surface area contributed by atoms with Crippen LogP contribution >= 0.6 is 0 Å². The van der Waals surface area contributed by atoms with E-state index in [9.17, 15) is 14.4 Å². The minimum atomic E-state index is -1.06. The minimum absolute atomic E-state index is 0.0435. The van der Waals surface area contributed by atoms with Crippen LogP contribution in [0.4, 0.5) is 0 Å². The van der Waals surface area contributed by atoms with Crippen molar-refractivity contribution in [2.45, 2.75) is 25.9 Å². The summed E-state index contributed by atoms with van der Waals surface area (Å²) in [6.45, 7) is 4.62. The third-order valence-electron chi connectivity index (χ3n) is 2.04. The maximum absolute atomic E-state index is 11.6. The number of esters is 1. The van der Waals surface area contributed by atoms with E-state index in [1.807, 2.05) is 0 Å². The molecule has 0 saturated carbocycles. The molecule has 1 amide bonds. The first-order valence-corrected chi connectivity index (χ1v) is 5.90. The van der Waals surface area contributed by atoms with Crippen molar-refractivity contribution < 1.29 is 29.0 Å². The maximum Gasteiger partial charge on any atom is 0.441 e. The highest BCUT2D eigenvalue weighted by Gasteiger charge is 2.30. The SMILES string of the molecule is C=CCOC(=O)C(=[N+]=[N-])C(=O)CCNC(=O)CC(C)O. The third kappa shape index (κ3) is 7.20. The second-order valence-electron chi connectivity index (χ2n) is 3.91. The molecule has 1 unspecified atom stereocenters. The topological polar surface area (TPSA) is 129 Å². The summed E-state index contributed by atoms with van der Waals surface area (Å²) in [6, 6.07) is 0. The molecular weight excluding hydrogens is 266 g/mol. The Labute approximate surface area is 116 Å². The molecule has 0 aliphatic rings. The molecule has 0 fully saturated rings. The van der Waals surface area contributed by atoms with Crippen molar-refractivity contribution in [3.63, 3.8) is 0 Å². The molecule has 0 aliphatic heterocycles. The van der Waals surface area contributed by atoms with E-state index in [0.717, 1.165) is 0 Å². The quantitative estimate of drug-likeness (QED) is 0.143. The van der Waals surface area contributed by atoms with Gasteiger partial charge in [-0.15, -0.1) is 0 Å². The Bertz CT molecular complexity index is 438. The summed E-state index contributed by atoms with van der Waals surface area (Å²) in [5.74, 6) is -2.25. The van der Waals surface area contributed by atoms with Crippen molar-refractivity contribution in [3.8, 4) is 0 Å². The van der Waals surface area contributed by atoms with Crippen molar-refractivity contribution in [2.75, 3.05) is 13.2 Å². The van der Waals surface area contributed by atoms with Crippen LogP contribution in [0.1, 0.15) is 19.8 Å². The van der Waals surface area contributed by atoms with E-state index in [2.05, 4.69) is 21.4 Å². The van der Waals surface area contributed by atoms with E-state index in [-0.39, 0.29) is 26.0 Å². The first-order valence-electron chi connectivity index (χ1n) is 5.90. The highest BCUT2D eigenvalue weighted by Crippen LogP contribution is 1.92. The lowest BCUT2D eigenvalue weighted by Gasteiger charge is -2.05. The van der Waals surface area contributed by atoms with E-state index in [1.165, 1.54) is 13.0 Å². The third-order valence-corrected chi connectivity index (χ3v) is 2.04. The predicted octanol–water partition coefficient (Wildman–Crippen LogP) is -0.767. The van der Waals surface area contributed by atoms with Gasteiger partial charge in [0.1, 0.15) is 6.61 Å². The molecule has 8 heteroatoms. The van der Waals surface area contributed by atoms with Gasteiger partial charge in [0, 0.05) is 13.0 Å². The molecular formula is C12H17N3O5. The zero-order chi connectivity index (χ0) is 15.5. The zero-order valence-corrected chi connectivity index (χ0v) is 11.2.